The fourth-order valence-corrected chi connectivity index (χ4v) is 7.08. The van der Waals surface area contributed by atoms with Gasteiger partial charge in [0.05, 0.1) is 0 Å². The smallest absolute Gasteiger partial charge is 0.306 e. The van der Waals surface area contributed by atoms with E-state index in [4.69, 9.17) is 14.2 Å². The number of carbonyl (C=O) groups is 3. The number of ether oxygens (including phenoxy) is 3. The maximum Gasteiger partial charge on any atom is 0.306 e. The lowest BCUT2D eigenvalue weighted by Crippen LogP contribution is -2.30. The molecule has 0 aromatic carbocycles. The molecule has 0 radical (unpaired) electrons. The summed E-state index contributed by atoms with van der Waals surface area (Å²) in [6.45, 7) is 6.46. The molecule has 0 aromatic rings. The Labute approximate surface area is 418 Å². The van der Waals surface area contributed by atoms with Crippen molar-refractivity contribution in [3.8, 4) is 0 Å². The largest absolute Gasteiger partial charge is 0.462 e. The molecule has 0 rings (SSSR count). The highest BCUT2D eigenvalue weighted by Crippen LogP contribution is 2.13. The third-order valence-corrected chi connectivity index (χ3v) is 11.3. The van der Waals surface area contributed by atoms with Gasteiger partial charge in [-0.15, -0.1) is 0 Å². The first kappa shape index (κ1) is 63.8. The summed E-state index contributed by atoms with van der Waals surface area (Å²) < 4.78 is 16.8. The second-order valence-corrected chi connectivity index (χ2v) is 17.9. The second kappa shape index (κ2) is 55.4. The molecule has 6 heteroatoms. The summed E-state index contributed by atoms with van der Waals surface area (Å²) >= 11 is 0. The van der Waals surface area contributed by atoms with E-state index in [0.717, 1.165) is 103 Å². The van der Waals surface area contributed by atoms with Crippen molar-refractivity contribution in [3.63, 3.8) is 0 Å². The first-order valence-electron chi connectivity index (χ1n) is 27.6. The Kier molecular flexibility index (Phi) is 52.0. The van der Waals surface area contributed by atoms with Crippen molar-refractivity contribution in [1.29, 1.82) is 0 Å². The average Bonchev–Trinajstić information content (AvgIpc) is 3.34. The van der Waals surface area contributed by atoms with Gasteiger partial charge >= 0.3 is 17.9 Å². The number of rotatable bonds is 48. The molecule has 0 N–H and O–H groups in total. The van der Waals surface area contributed by atoms with Crippen LogP contribution in [0.2, 0.25) is 0 Å². The van der Waals surface area contributed by atoms with Gasteiger partial charge in [0.15, 0.2) is 6.10 Å². The van der Waals surface area contributed by atoms with Crippen molar-refractivity contribution in [1.82, 2.24) is 0 Å². The van der Waals surface area contributed by atoms with E-state index in [1.165, 1.54) is 83.5 Å². The molecule has 0 heterocycles. The number of carbonyl (C=O) groups excluding carboxylic acids is 3. The maximum atomic E-state index is 12.8. The van der Waals surface area contributed by atoms with Crippen molar-refractivity contribution >= 4 is 17.9 Å². The Morgan fingerprint density at radius 2 is 0.603 bits per heavy atom. The molecule has 0 aliphatic carbocycles. The van der Waals surface area contributed by atoms with Gasteiger partial charge in [0.25, 0.3) is 0 Å². The Bertz CT molecular complexity index is 1450. The summed E-state index contributed by atoms with van der Waals surface area (Å²) in [6.07, 6.45) is 76.0. The van der Waals surface area contributed by atoms with E-state index in [2.05, 4.69) is 142 Å². The quantitative estimate of drug-likeness (QED) is 0.0199. The highest BCUT2D eigenvalue weighted by Gasteiger charge is 2.19. The van der Waals surface area contributed by atoms with Gasteiger partial charge in [-0.25, -0.2) is 0 Å². The van der Waals surface area contributed by atoms with Gasteiger partial charge in [-0.2, -0.15) is 0 Å². The minimum absolute atomic E-state index is 0.117. The predicted molar refractivity (Wildman–Crippen MR) is 293 cm³/mol. The van der Waals surface area contributed by atoms with Gasteiger partial charge in [0.2, 0.25) is 0 Å². The van der Waals surface area contributed by atoms with E-state index in [9.17, 15) is 14.4 Å². The van der Waals surface area contributed by atoms with Gasteiger partial charge in [-0.05, 0) is 109 Å². The summed E-state index contributed by atoms with van der Waals surface area (Å²) in [6, 6.07) is 0. The highest BCUT2D eigenvalue weighted by atomic mass is 16.6. The molecule has 6 nitrogen and oxygen atoms in total. The highest BCUT2D eigenvalue weighted by molar-refractivity contribution is 5.71. The molecule has 0 amide bonds. The van der Waals surface area contributed by atoms with Crippen LogP contribution in [0.4, 0.5) is 0 Å². The summed E-state index contributed by atoms with van der Waals surface area (Å²) in [5.74, 6) is -1.01. The standard InChI is InChI=1S/C62H100O6/c1-4-7-10-13-16-19-22-25-28-30-32-34-37-40-43-46-49-52-55-61(64)67-58-59(57-66-60(63)54-51-48-45-42-39-36-33-27-24-21-18-15-12-9-6-3)68-62(65)56-53-50-47-44-41-38-35-31-29-26-23-20-17-14-11-8-5-2/h16-22,24-30,32,34-35,38,44,47,59H,4-15,23,31,33,36-37,39-43,45-46,48-58H2,1-3H3/b19-16-,20-17-,21-18-,25-22-,27-24-,29-26-,30-28-,34-32-,38-35-,47-44-. The minimum Gasteiger partial charge on any atom is -0.462 e. The summed E-state index contributed by atoms with van der Waals surface area (Å²) in [4.78, 5) is 38.1. The van der Waals surface area contributed by atoms with E-state index in [-0.39, 0.29) is 37.5 Å². The lowest BCUT2D eigenvalue weighted by Gasteiger charge is -2.18. The average molecular weight is 941 g/mol. The van der Waals surface area contributed by atoms with E-state index in [1.807, 2.05) is 0 Å². The maximum absolute atomic E-state index is 12.8. The molecule has 0 spiro atoms. The molecular weight excluding hydrogens is 841 g/mol. The van der Waals surface area contributed by atoms with E-state index >= 15 is 0 Å². The number of allylic oxidation sites excluding steroid dienone is 20. The van der Waals surface area contributed by atoms with Crippen LogP contribution >= 0.6 is 0 Å². The molecule has 0 aromatic heterocycles. The topological polar surface area (TPSA) is 78.9 Å². The van der Waals surface area contributed by atoms with Crippen molar-refractivity contribution in [2.45, 2.75) is 239 Å². The van der Waals surface area contributed by atoms with Crippen LogP contribution in [0.25, 0.3) is 0 Å². The van der Waals surface area contributed by atoms with Crippen LogP contribution in [0.3, 0.4) is 0 Å². The Balaban J connectivity index is 4.57. The normalized spacial score (nSPS) is 13.0. The number of esters is 3. The number of hydrogen-bond donors (Lipinski definition) is 0. The van der Waals surface area contributed by atoms with Crippen molar-refractivity contribution < 1.29 is 28.6 Å². The zero-order valence-electron chi connectivity index (χ0n) is 43.8. The minimum atomic E-state index is -0.825. The van der Waals surface area contributed by atoms with E-state index in [1.54, 1.807) is 0 Å². The predicted octanol–water partition coefficient (Wildman–Crippen LogP) is 18.5. The molecule has 0 fully saturated rings. The van der Waals surface area contributed by atoms with Crippen LogP contribution in [0.1, 0.15) is 233 Å². The Hall–Kier alpha value is -4.19. The fourth-order valence-electron chi connectivity index (χ4n) is 7.08. The number of hydrogen-bond acceptors (Lipinski definition) is 6. The molecule has 0 saturated heterocycles. The van der Waals surface area contributed by atoms with Crippen LogP contribution in [0.15, 0.2) is 122 Å². The van der Waals surface area contributed by atoms with Crippen molar-refractivity contribution in [3.05, 3.63) is 122 Å². The first-order valence-corrected chi connectivity index (χ1v) is 27.6. The molecule has 0 aliphatic rings. The third kappa shape index (κ3) is 52.8. The fraction of sp³-hybridized carbons (Fsp3) is 0.629. The first-order chi connectivity index (χ1) is 33.5. The van der Waals surface area contributed by atoms with Gasteiger partial charge in [0, 0.05) is 19.3 Å². The van der Waals surface area contributed by atoms with Crippen LogP contribution < -0.4 is 0 Å². The van der Waals surface area contributed by atoms with Gasteiger partial charge < -0.3 is 14.2 Å². The summed E-state index contributed by atoms with van der Waals surface area (Å²) in [5, 5.41) is 0. The van der Waals surface area contributed by atoms with E-state index in [0.29, 0.717) is 19.3 Å². The zero-order valence-corrected chi connectivity index (χ0v) is 43.8. The Morgan fingerprint density at radius 3 is 1.01 bits per heavy atom. The summed E-state index contributed by atoms with van der Waals surface area (Å²) in [7, 11) is 0. The number of unbranched alkanes of at least 4 members (excludes halogenated alkanes) is 21. The van der Waals surface area contributed by atoms with Crippen LogP contribution in [-0.2, 0) is 28.6 Å². The van der Waals surface area contributed by atoms with Gasteiger partial charge in [0.1, 0.15) is 13.2 Å². The van der Waals surface area contributed by atoms with Crippen LogP contribution in [-0.4, -0.2) is 37.2 Å². The van der Waals surface area contributed by atoms with Gasteiger partial charge in [-0.1, -0.05) is 226 Å². The van der Waals surface area contributed by atoms with Crippen molar-refractivity contribution in [2.75, 3.05) is 13.2 Å². The lowest BCUT2D eigenvalue weighted by molar-refractivity contribution is -0.167. The second-order valence-electron chi connectivity index (χ2n) is 17.9. The molecule has 0 aliphatic heterocycles. The SMILES string of the molecule is CCCCC\C=C/C=C\C=C/C=C\CCCCCCCC(=O)OCC(COC(=O)CCCCCCCC/C=C\C=C/CCCCC)OC(=O)CCC/C=C\C/C=C\C/C=C\C/C=C\CCCCC. The van der Waals surface area contributed by atoms with E-state index < -0.39 is 6.10 Å². The lowest BCUT2D eigenvalue weighted by atomic mass is 10.1. The molecule has 1 unspecified atom stereocenters. The molecular formula is C62H100O6. The Morgan fingerprint density at radius 1 is 0.309 bits per heavy atom. The molecule has 0 saturated carbocycles. The monoisotopic (exact) mass is 941 g/mol. The van der Waals surface area contributed by atoms with Crippen LogP contribution in [0, 0.1) is 0 Å². The summed E-state index contributed by atoms with van der Waals surface area (Å²) in [5.41, 5.74) is 0. The third-order valence-electron chi connectivity index (χ3n) is 11.3. The molecule has 1 atom stereocenters. The zero-order chi connectivity index (χ0) is 49.3. The molecule has 68 heavy (non-hydrogen) atoms. The van der Waals surface area contributed by atoms with Crippen molar-refractivity contribution in [2.24, 2.45) is 0 Å². The van der Waals surface area contributed by atoms with Gasteiger partial charge in [-0.3, -0.25) is 14.4 Å². The molecule has 0 bridgehead atoms. The van der Waals surface area contributed by atoms with Crippen LogP contribution in [0.5, 0.6) is 0 Å². The molecule has 384 valence electrons.